The fraction of sp³-hybridized carbons (Fsp3) is 0.733. The molecular formula is C15H28N4S. The van der Waals surface area contributed by atoms with Crippen molar-refractivity contribution in [3.8, 4) is 0 Å². The molecule has 0 aliphatic rings. The van der Waals surface area contributed by atoms with Crippen molar-refractivity contribution in [2.75, 3.05) is 29.2 Å². The fourth-order valence-electron chi connectivity index (χ4n) is 1.87. The molecule has 4 nitrogen and oxygen atoms in total. The molecule has 1 aromatic rings. The molecule has 20 heavy (non-hydrogen) atoms. The monoisotopic (exact) mass is 296 g/mol. The van der Waals surface area contributed by atoms with Crippen LogP contribution in [-0.4, -0.2) is 34.6 Å². The quantitative estimate of drug-likeness (QED) is 0.687. The maximum absolute atomic E-state index is 4.61. The molecule has 0 spiro atoms. The van der Waals surface area contributed by atoms with Gasteiger partial charge in [-0.25, -0.2) is 9.97 Å². The number of thioether (sulfide) groups is 1. The van der Waals surface area contributed by atoms with Crippen LogP contribution in [0.1, 0.15) is 45.9 Å². The van der Waals surface area contributed by atoms with Crippen molar-refractivity contribution in [1.29, 1.82) is 0 Å². The van der Waals surface area contributed by atoms with Crippen LogP contribution in [0.3, 0.4) is 0 Å². The van der Waals surface area contributed by atoms with E-state index < -0.39 is 0 Å². The molecule has 1 unspecified atom stereocenters. The minimum Gasteiger partial charge on any atom is -0.370 e. The van der Waals surface area contributed by atoms with Gasteiger partial charge in [-0.05, 0) is 38.2 Å². The van der Waals surface area contributed by atoms with Crippen LogP contribution in [0.25, 0.3) is 0 Å². The molecule has 5 heteroatoms. The van der Waals surface area contributed by atoms with Crippen molar-refractivity contribution >= 4 is 23.4 Å². The SMILES string of the molecule is CCCNc1cc(NC(C)CCSC)nc(CCC)n1. The molecule has 2 N–H and O–H groups in total. The molecule has 0 aliphatic carbocycles. The summed E-state index contributed by atoms with van der Waals surface area (Å²) in [6, 6.07) is 2.45. The van der Waals surface area contributed by atoms with Crippen LogP contribution in [0.15, 0.2) is 6.07 Å². The molecule has 0 radical (unpaired) electrons. The predicted molar refractivity (Wildman–Crippen MR) is 90.9 cm³/mol. The van der Waals surface area contributed by atoms with Crippen molar-refractivity contribution in [3.05, 3.63) is 11.9 Å². The maximum atomic E-state index is 4.61. The average Bonchev–Trinajstić information content (AvgIpc) is 2.43. The van der Waals surface area contributed by atoms with Gasteiger partial charge in [0.2, 0.25) is 0 Å². The van der Waals surface area contributed by atoms with Gasteiger partial charge in [-0.15, -0.1) is 0 Å². The molecule has 114 valence electrons. The van der Waals surface area contributed by atoms with Gasteiger partial charge < -0.3 is 10.6 Å². The molecule has 0 fully saturated rings. The summed E-state index contributed by atoms with van der Waals surface area (Å²) in [5.41, 5.74) is 0. The molecule has 1 rings (SSSR count). The van der Waals surface area contributed by atoms with Crippen LogP contribution in [0.4, 0.5) is 11.6 Å². The highest BCUT2D eigenvalue weighted by atomic mass is 32.2. The molecule has 1 atom stereocenters. The van der Waals surface area contributed by atoms with Crippen molar-refractivity contribution in [1.82, 2.24) is 9.97 Å². The lowest BCUT2D eigenvalue weighted by molar-refractivity contribution is 0.759. The molecule has 1 aromatic heterocycles. The molecule has 1 heterocycles. The third-order valence-electron chi connectivity index (χ3n) is 2.95. The van der Waals surface area contributed by atoms with E-state index in [2.05, 4.69) is 47.6 Å². The van der Waals surface area contributed by atoms with Gasteiger partial charge in [0.1, 0.15) is 17.5 Å². The second-order valence-electron chi connectivity index (χ2n) is 5.06. The van der Waals surface area contributed by atoms with E-state index in [0.717, 1.165) is 49.7 Å². The van der Waals surface area contributed by atoms with E-state index in [0.29, 0.717) is 6.04 Å². The van der Waals surface area contributed by atoms with Crippen LogP contribution < -0.4 is 10.6 Å². The van der Waals surface area contributed by atoms with Crippen LogP contribution in [0, 0.1) is 0 Å². The van der Waals surface area contributed by atoms with E-state index in [1.54, 1.807) is 0 Å². The highest BCUT2D eigenvalue weighted by molar-refractivity contribution is 7.98. The summed E-state index contributed by atoms with van der Waals surface area (Å²) in [5, 5.41) is 6.84. The Morgan fingerprint density at radius 1 is 1.20 bits per heavy atom. The largest absolute Gasteiger partial charge is 0.370 e. The highest BCUT2D eigenvalue weighted by Crippen LogP contribution is 2.15. The van der Waals surface area contributed by atoms with Gasteiger partial charge in [0.25, 0.3) is 0 Å². The summed E-state index contributed by atoms with van der Waals surface area (Å²) >= 11 is 1.88. The minimum atomic E-state index is 0.436. The summed E-state index contributed by atoms with van der Waals surface area (Å²) in [7, 11) is 0. The maximum Gasteiger partial charge on any atom is 0.133 e. The van der Waals surface area contributed by atoms with Gasteiger partial charge in [-0.3, -0.25) is 0 Å². The van der Waals surface area contributed by atoms with Gasteiger partial charge >= 0.3 is 0 Å². The van der Waals surface area contributed by atoms with Crippen molar-refractivity contribution < 1.29 is 0 Å². The lowest BCUT2D eigenvalue weighted by atomic mass is 10.2. The number of anilines is 2. The van der Waals surface area contributed by atoms with E-state index in [1.807, 2.05) is 17.8 Å². The molecule has 0 aliphatic heterocycles. The normalized spacial score (nSPS) is 12.2. The Balaban J connectivity index is 2.73. The van der Waals surface area contributed by atoms with Gasteiger partial charge in [-0.2, -0.15) is 11.8 Å². The van der Waals surface area contributed by atoms with Gasteiger partial charge in [0.05, 0.1) is 0 Å². The van der Waals surface area contributed by atoms with Crippen LogP contribution in [-0.2, 0) is 6.42 Å². The molecular weight excluding hydrogens is 268 g/mol. The van der Waals surface area contributed by atoms with Gasteiger partial charge in [0, 0.05) is 25.1 Å². The summed E-state index contributed by atoms with van der Waals surface area (Å²) in [6.07, 6.45) is 6.38. The summed E-state index contributed by atoms with van der Waals surface area (Å²) in [6.45, 7) is 7.47. The standard InChI is InChI=1S/C15H28N4S/c1-5-7-13-18-14(16-9-6-2)11-15(19-13)17-12(3)8-10-20-4/h11-12H,5-10H2,1-4H3,(H2,16,17,18,19). The Bertz CT molecular complexity index is 384. The van der Waals surface area contributed by atoms with Gasteiger partial charge in [0.15, 0.2) is 0 Å². The number of nitrogens with one attached hydrogen (secondary N) is 2. The smallest absolute Gasteiger partial charge is 0.133 e. The third-order valence-corrected chi connectivity index (χ3v) is 3.60. The Hall–Kier alpha value is -0.970. The van der Waals surface area contributed by atoms with E-state index in [9.17, 15) is 0 Å². The molecule has 0 bridgehead atoms. The van der Waals surface area contributed by atoms with Crippen molar-refractivity contribution in [2.24, 2.45) is 0 Å². The number of aryl methyl sites for hydroxylation is 1. The zero-order valence-corrected chi connectivity index (χ0v) is 14.0. The van der Waals surface area contributed by atoms with Crippen LogP contribution in [0.2, 0.25) is 0 Å². The fourth-order valence-corrected chi connectivity index (χ4v) is 2.46. The molecule has 0 saturated heterocycles. The third kappa shape index (κ3) is 6.46. The Labute approximate surface area is 127 Å². The Morgan fingerprint density at radius 2 is 1.95 bits per heavy atom. The summed E-state index contributed by atoms with van der Waals surface area (Å²) in [5.74, 6) is 3.97. The second-order valence-corrected chi connectivity index (χ2v) is 6.04. The van der Waals surface area contributed by atoms with E-state index >= 15 is 0 Å². The zero-order chi connectivity index (χ0) is 14.8. The number of rotatable bonds is 10. The lowest BCUT2D eigenvalue weighted by Crippen LogP contribution is -2.18. The zero-order valence-electron chi connectivity index (χ0n) is 13.2. The number of nitrogens with zero attached hydrogens (tertiary/aromatic N) is 2. The van der Waals surface area contributed by atoms with E-state index in [4.69, 9.17) is 0 Å². The van der Waals surface area contributed by atoms with Crippen LogP contribution >= 0.6 is 11.8 Å². The summed E-state index contributed by atoms with van der Waals surface area (Å²) in [4.78, 5) is 9.17. The summed E-state index contributed by atoms with van der Waals surface area (Å²) < 4.78 is 0. The second kappa shape index (κ2) is 9.86. The number of aromatic nitrogens is 2. The average molecular weight is 296 g/mol. The van der Waals surface area contributed by atoms with E-state index in [1.165, 1.54) is 5.75 Å². The highest BCUT2D eigenvalue weighted by Gasteiger charge is 2.07. The van der Waals surface area contributed by atoms with E-state index in [-0.39, 0.29) is 0 Å². The van der Waals surface area contributed by atoms with Crippen molar-refractivity contribution in [3.63, 3.8) is 0 Å². The minimum absolute atomic E-state index is 0.436. The number of hydrogen-bond acceptors (Lipinski definition) is 5. The molecule has 0 aromatic carbocycles. The van der Waals surface area contributed by atoms with Gasteiger partial charge in [-0.1, -0.05) is 13.8 Å². The first kappa shape index (κ1) is 17.1. The van der Waals surface area contributed by atoms with Crippen molar-refractivity contribution in [2.45, 2.75) is 52.5 Å². The predicted octanol–water partition coefficient (Wildman–Crippen LogP) is 3.80. The first-order valence-electron chi connectivity index (χ1n) is 7.56. The Morgan fingerprint density at radius 3 is 2.60 bits per heavy atom. The first-order chi connectivity index (χ1) is 9.69. The Kier molecular flexibility index (Phi) is 8.42. The lowest BCUT2D eigenvalue weighted by Gasteiger charge is -2.16. The first-order valence-corrected chi connectivity index (χ1v) is 8.96. The molecule has 0 saturated carbocycles. The topological polar surface area (TPSA) is 49.8 Å². The van der Waals surface area contributed by atoms with Crippen LogP contribution in [0.5, 0.6) is 0 Å². The molecule has 0 amide bonds. The number of hydrogen-bond donors (Lipinski definition) is 2.